The third kappa shape index (κ3) is 5.16. The quantitative estimate of drug-likeness (QED) is 0.379. The fourth-order valence-corrected chi connectivity index (χ4v) is 3.75. The number of carbonyl (C=O) groups is 1. The lowest BCUT2D eigenvalue weighted by Crippen LogP contribution is -2.14. The highest BCUT2D eigenvalue weighted by Gasteiger charge is 2.13. The maximum Gasteiger partial charge on any atom is 0.252 e. The molecule has 1 aromatic heterocycles. The van der Waals surface area contributed by atoms with Gasteiger partial charge in [-0.15, -0.1) is 11.3 Å². The minimum atomic E-state index is -0.720. The van der Waals surface area contributed by atoms with Crippen molar-refractivity contribution in [2.75, 3.05) is 34.5 Å². The normalized spacial score (nSPS) is 11.8. The summed E-state index contributed by atoms with van der Waals surface area (Å²) < 4.78 is 17.4. The SMILES string of the molecule is COCCN=c1scc(-c2ccc(O)c(C(N)=O)c2)n1N=Cc1ccc(OC)cc1OC. The first-order chi connectivity index (χ1) is 15.5. The monoisotopic (exact) mass is 456 g/mol. The first kappa shape index (κ1) is 23.0. The summed E-state index contributed by atoms with van der Waals surface area (Å²) in [5.41, 5.74) is 7.48. The number of primary amides is 1. The van der Waals surface area contributed by atoms with Crippen LogP contribution < -0.4 is 20.0 Å². The Labute approximate surface area is 189 Å². The predicted molar refractivity (Wildman–Crippen MR) is 123 cm³/mol. The third-order valence-corrected chi connectivity index (χ3v) is 5.39. The highest BCUT2D eigenvalue weighted by molar-refractivity contribution is 7.07. The van der Waals surface area contributed by atoms with Crippen molar-refractivity contribution >= 4 is 23.5 Å². The number of aromatic nitrogens is 1. The fraction of sp³-hybridized carbons (Fsp3) is 0.227. The molecular formula is C22H24N4O5S. The molecule has 0 fully saturated rings. The highest BCUT2D eigenvalue weighted by atomic mass is 32.1. The van der Waals surface area contributed by atoms with Crippen molar-refractivity contribution in [1.82, 2.24) is 4.68 Å². The van der Waals surface area contributed by atoms with E-state index in [1.54, 1.807) is 44.4 Å². The molecule has 0 bridgehead atoms. The molecule has 0 saturated carbocycles. The van der Waals surface area contributed by atoms with Gasteiger partial charge in [-0.25, -0.2) is 4.68 Å². The Hall–Kier alpha value is -3.63. The molecular weight excluding hydrogens is 432 g/mol. The first-order valence-corrected chi connectivity index (χ1v) is 10.5. The largest absolute Gasteiger partial charge is 0.507 e. The first-order valence-electron chi connectivity index (χ1n) is 9.58. The van der Waals surface area contributed by atoms with Crippen molar-refractivity contribution in [3.05, 3.63) is 57.7 Å². The van der Waals surface area contributed by atoms with Crippen LogP contribution in [0.25, 0.3) is 11.3 Å². The molecule has 2 aromatic carbocycles. The molecule has 32 heavy (non-hydrogen) atoms. The number of ether oxygens (including phenoxy) is 3. The molecule has 0 atom stereocenters. The molecule has 1 heterocycles. The van der Waals surface area contributed by atoms with E-state index in [2.05, 4.69) is 10.1 Å². The van der Waals surface area contributed by atoms with Crippen molar-refractivity contribution in [3.8, 4) is 28.5 Å². The van der Waals surface area contributed by atoms with E-state index < -0.39 is 5.91 Å². The Morgan fingerprint density at radius 2 is 2.00 bits per heavy atom. The van der Waals surface area contributed by atoms with Gasteiger partial charge in [-0.3, -0.25) is 9.79 Å². The molecule has 3 N–H and O–H groups in total. The Morgan fingerprint density at radius 1 is 1.19 bits per heavy atom. The number of hydrogen-bond donors (Lipinski definition) is 2. The molecule has 0 unspecified atom stereocenters. The summed E-state index contributed by atoms with van der Waals surface area (Å²) in [6.45, 7) is 0.925. The average Bonchev–Trinajstić information content (AvgIpc) is 3.20. The molecule has 0 spiro atoms. The standard InChI is InChI=1S/C22H24N4O5S/c1-29-9-8-24-22-26(25-12-15-4-6-16(30-2)11-20(15)31-3)18(13-32-22)14-5-7-19(27)17(10-14)21(23)28/h4-7,10-13,27H,8-9H2,1-3H3,(H2,23,28). The molecule has 0 aliphatic heterocycles. The Balaban J connectivity index is 2.11. The van der Waals surface area contributed by atoms with E-state index in [0.717, 1.165) is 5.56 Å². The third-order valence-electron chi connectivity index (χ3n) is 4.54. The number of hydrogen-bond acceptors (Lipinski definition) is 8. The Morgan fingerprint density at radius 3 is 2.69 bits per heavy atom. The molecule has 3 rings (SSSR count). The van der Waals surface area contributed by atoms with Gasteiger partial charge >= 0.3 is 0 Å². The minimum Gasteiger partial charge on any atom is -0.507 e. The second-order valence-corrected chi connectivity index (χ2v) is 7.38. The van der Waals surface area contributed by atoms with Crippen LogP contribution in [0.2, 0.25) is 0 Å². The number of carbonyl (C=O) groups excluding carboxylic acids is 1. The maximum atomic E-state index is 11.7. The summed E-state index contributed by atoms with van der Waals surface area (Å²) in [7, 11) is 4.77. The van der Waals surface area contributed by atoms with E-state index >= 15 is 0 Å². The van der Waals surface area contributed by atoms with Crippen LogP contribution >= 0.6 is 11.3 Å². The lowest BCUT2D eigenvalue weighted by atomic mass is 10.1. The topological polar surface area (TPSA) is 121 Å². The van der Waals surface area contributed by atoms with Gasteiger partial charge in [0.1, 0.15) is 17.2 Å². The van der Waals surface area contributed by atoms with Gasteiger partial charge in [-0.1, -0.05) is 0 Å². The van der Waals surface area contributed by atoms with E-state index in [9.17, 15) is 9.90 Å². The zero-order chi connectivity index (χ0) is 23.1. The summed E-state index contributed by atoms with van der Waals surface area (Å²) in [5.74, 6) is 0.368. The second-order valence-electron chi connectivity index (χ2n) is 6.54. The predicted octanol–water partition coefficient (Wildman–Crippen LogP) is 2.47. The minimum absolute atomic E-state index is 0.0268. The molecule has 9 nitrogen and oxygen atoms in total. The number of benzene rings is 2. The van der Waals surface area contributed by atoms with Gasteiger partial charge in [-0.2, -0.15) is 5.10 Å². The summed E-state index contributed by atoms with van der Waals surface area (Å²) >= 11 is 1.39. The molecule has 10 heteroatoms. The van der Waals surface area contributed by atoms with E-state index in [1.807, 2.05) is 17.5 Å². The van der Waals surface area contributed by atoms with Crippen LogP contribution in [-0.2, 0) is 4.74 Å². The molecule has 0 radical (unpaired) electrons. The van der Waals surface area contributed by atoms with Gasteiger partial charge in [0.2, 0.25) is 4.80 Å². The Bertz CT molecular complexity index is 1200. The van der Waals surface area contributed by atoms with Crippen molar-refractivity contribution in [1.29, 1.82) is 0 Å². The van der Waals surface area contributed by atoms with Gasteiger partial charge in [0.15, 0.2) is 0 Å². The van der Waals surface area contributed by atoms with E-state index in [4.69, 9.17) is 19.9 Å². The number of nitrogens with zero attached hydrogens (tertiary/aromatic N) is 3. The summed E-state index contributed by atoms with van der Waals surface area (Å²) in [5, 5.41) is 16.4. The molecule has 0 aliphatic carbocycles. The van der Waals surface area contributed by atoms with Crippen LogP contribution in [0.4, 0.5) is 0 Å². The van der Waals surface area contributed by atoms with Crippen LogP contribution in [0.5, 0.6) is 17.2 Å². The van der Waals surface area contributed by atoms with E-state index in [1.165, 1.54) is 23.5 Å². The molecule has 0 saturated heterocycles. The smallest absolute Gasteiger partial charge is 0.252 e. The van der Waals surface area contributed by atoms with Gasteiger partial charge in [0.05, 0.1) is 44.8 Å². The zero-order valence-electron chi connectivity index (χ0n) is 17.9. The maximum absolute atomic E-state index is 11.7. The summed E-state index contributed by atoms with van der Waals surface area (Å²) in [4.78, 5) is 16.9. The lowest BCUT2D eigenvalue weighted by Gasteiger charge is -2.08. The van der Waals surface area contributed by atoms with Crippen molar-refractivity contribution in [2.45, 2.75) is 0 Å². The van der Waals surface area contributed by atoms with Crippen molar-refractivity contribution in [2.24, 2.45) is 15.8 Å². The van der Waals surface area contributed by atoms with Gasteiger partial charge in [0.25, 0.3) is 5.91 Å². The number of amides is 1. The number of nitrogens with two attached hydrogens (primary N) is 1. The summed E-state index contributed by atoms with van der Waals surface area (Å²) in [6.07, 6.45) is 1.65. The van der Waals surface area contributed by atoms with Gasteiger partial charge in [0, 0.05) is 29.7 Å². The molecule has 168 valence electrons. The zero-order valence-corrected chi connectivity index (χ0v) is 18.8. The molecule has 0 aliphatic rings. The molecule has 1 amide bonds. The fourth-order valence-electron chi connectivity index (χ4n) is 2.89. The number of thiazole rings is 1. The summed E-state index contributed by atoms with van der Waals surface area (Å²) in [6, 6.07) is 10.0. The van der Waals surface area contributed by atoms with Crippen LogP contribution in [0.3, 0.4) is 0 Å². The lowest BCUT2D eigenvalue weighted by molar-refractivity contribution is 0.0998. The number of methoxy groups -OCH3 is 3. The van der Waals surface area contributed by atoms with Crippen LogP contribution in [0, 0.1) is 0 Å². The van der Waals surface area contributed by atoms with E-state index in [-0.39, 0.29) is 11.3 Å². The van der Waals surface area contributed by atoms with Crippen LogP contribution in [0.15, 0.2) is 51.9 Å². The van der Waals surface area contributed by atoms with E-state index in [0.29, 0.717) is 40.7 Å². The van der Waals surface area contributed by atoms with Gasteiger partial charge < -0.3 is 25.1 Å². The average molecular weight is 457 g/mol. The van der Waals surface area contributed by atoms with Crippen molar-refractivity contribution in [3.63, 3.8) is 0 Å². The Kier molecular flexibility index (Phi) is 7.63. The van der Waals surface area contributed by atoms with Gasteiger partial charge in [-0.05, 0) is 30.3 Å². The van der Waals surface area contributed by atoms with Crippen molar-refractivity contribution < 1.29 is 24.1 Å². The second kappa shape index (κ2) is 10.6. The molecule has 3 aromatic rings. The van der Waals surface area contributed by atoms with Crippen LogP contribution in [0.1, 0.15) is 15.9 Å². The number of phenols is 1. The number of rotatable bonds is 9. The highest BCUT2D eigenvalue weighted by Crippen LogP contribution is 2.27. The van der Waals surface area contributed by atoms with Crippen LogP contribution in [-0.4, -0.2) is 56.4 Å². The number of aromatic hydroxyl groups is 1.